The van der Waals surface area contributed by atoms with Crippen molar-refractivity contribution in [2.24, 2.45) is 0 Å². The van der Waals surface area contributed by atoms with Crippen molar-refractivity contribution < 1.29 is 9.26 Å². The Morgan fingerprint density at radius 2 is 2.17 bits per heavy atom. The highest BCUT2D eigenvalue weighted by atomic mass is 32.1. The van der Waals surface area contributed by atoms with Crippen molar-refractivity contribution in [1.29, 1.82) is 0 Å². The Kier molecular flexibility index (Phi) is 4.32. The molecular formula is C18H19N3O2S. The molecule has 1 atom stereocenters. The molecular weight excluding hydrogens is 322 g/mol. The predicted molar refractivity (Wildman–Crippen MR) is 93.0 cm³/mol. The van der Waals surface area contributed by atoms with E-state index in [-0.39, 0.29) is 0 Å². The number of aromatic nitrogens is 2. The summed E-state index contributed by atoms with van der Waals surface area (Å²) in [5.41, 5.74) is 2.33. The Morgan fingerprint density at radius 3 is 2.92 bits per heavy atom. The molecule has 0 saturated carbocycles. The molecule has 0 aliphatic carbocycles. The number of thiophene rings is 1. The van der Waals surface area contributed by atoms with E-state index < -0.39 is 0 Å². The zero-order valence-corrected chi connectivity index (χ0v) is 14.3. The second-order valence-electron chi connectivity index (χ2n) is 5.93. The summed E-state index contributed by atoms with van der Waals surface area (Å²) < 4.78 is 10.7. The lowest BCUT2D eigenvalue weighted by molar-refractivity contribution is 0.212. The number of hydrogen-bond donors (Lipinski definition) is 0. The highest BCUT2D eigenvalue weighted by Gasteiger charge is 2.27. The topological polar surface area (TPSA) is 51.4 Å². The molecule has 6 heteroatoms. The number of nitrogens with zero attached hydrogens (tertiary/aromatic N) is 3. The van der Waals surface area contributed by atoms with Crippen LogP contribution in [0.25, 0.3) is 11.4 Å². The van der Waals surface area contributed by atoms with E-state index in [9.17, 15) is 0 Å². The summed E-state index contributed by atoms with van der Waals surface area (Å²) in [7, 11) is 1.69. The van der Waals surface area contributed by atoms with E-state index in [0.717, 1.165) is 24.3 Å². The second-order valence-corrected chi connectivity index (χ2v) is 6.71. The fourth-order valence-corrected chi connectivity index (χ4v) is 3.86. The molecule has 1 aromatic carbocycles. The van der Waals surface area contributed by atoms with Crippen molar-refractivity contribution in [2.75, 3.05) is 13.7 Å². The van der Waals surface area contributed by atoms with E-state index in [1.54, 1.807) is 18.4 Å². The van der Waals surface area contributed by atoms with Gasteiger partial charge in [0.1, 0.15) is 5.75 Å². The third-order valence-electron chi connectivity index (χ3n) is 4.45. The van der Waals surface area contributed by atoms with E-state index >= 15 is 0 Å². The monoisotopic (exact) mass is 341 g/mol. The van der Waals surface area contributed by atoms with Crippen LogP contribution in [0.5, 0.6) is 5.75 Å². The Hall–Kier alpha value is -2.18. The quantitative estimate of drug-likeness (QED) is 0.698. The summed E-state index contributed by atoms with van der Waals surface area (Å²) in [4.78, 5) is 6.95. The predicted octanol–water partition coefficient (Wildman–Crippen LogP) is 4.14. The molecule has 4 rings (SSSR count). The lowest BCUT2D eigenvalue weighted by Crippen LogP contribution is -2.22. The average Bonchev–Trinajstić information content (AvgIpc) is 3.37. The molecule has 0 bridgehead atoms. The minimum atomic E-state index is 0.396. The van der Waals surface area contributed by atoms with Crippen molar-refractivity contribution in [3.05, 3.63) is 52.5 Å². The third-order valence-corrected chi connectivity index (χ3v) is 5.13. The Labute approximate surface area is 144 Å². The van der Waals surface area contributed by atoms with Gasteiger partial charge in [0.25, 0.3) is 0 Å². The number of likely N-dealkylation sites (tertiary alicyclic amines) is 1. The molecule has 3 heterocycles. The zero-order valence-electron chi connectivity index (χ0n) is 13.5. The van der Waals surface area contributed by atoms with Crippen LogP contribution in [0.4, 0.5) is 0 Å². The van der Waals surface area contributed by atoms with E-state index in [2.05, 4.69) is 27.2 Å². The minimum Gasteiger partial charge on any atom is -0.497 e. The lowest BCUT2D eigenvalue weighted by atomic mass is 10.0. The van der Waals surface area contributed by atoms with Crippen LogP contribution >= 0.6 is 11.3 Å². The largest absolute Gasteiger partial charge is 0.497 e. The van der Waals surface area contributed by atoms with Gasteiger partial charge in [0.2, 0.25) is 11.7 Å². The average molecular weight is 341 g/mol. The molecule has 1 fully saturated rings. The molecule has 0 radical (unpaired) electrons. The van der Waals surface area contributed by atoms with Crippen LogP contribution in [0.1, 0.15) is 30.3 Å². The molecule has 3 aromatic rings. The summed E-state index contributed by atoms with van der Waals surface area (Å²) in [6, 6.07) is 10.7. The zero-order chi connectivity index (χ0) is 16.4. The molecule has 1 unspecified atom stereocenters. The fraction of sp³-hybridized carbons (Fsp3) is 0.333. The maximum Gasteiger partial charge on any atom is 0.241 e. The van der Waals surface area contributed by atoms with Gasteiger partial charge in [0.15, 0.2) is 0 Å². The number of rotatable bonds is 5. The van der Waals surface area contributed by atoms with Gasteiger partial charge in [-0.15, -0.1) is 0 Å². The van der Waals surface area contributed by atoms with E-state index in [4.69, 9.17) is 9.26 Å². The van der Waals surface area contributed by atoms with Crippen LogP contribution in [-0.4, -0.2) is 28.7 Å². The molecule has 24 heavy (non-hydrogen) atoms. The molecule has 0 N–H and O–H groups in total. The van der Waals surface area contributed by atoms with E-state index in [1.165, 1.54) is 12.0 Å². The Balaban J connectivity index is 1.49. The second kappa shape index (κ2) is 6.75. The summed E-state index contributed by atoms with van der Waals surface area (Å²) >= 11 is 1.63. The van der Waals surface area contributed by atoms with Crippen LogP contribution in [0.3, 0.4) is 0 Å². The SMILES string of the molecule is COc1ccc(C2CCCN2Cc2nc(-c3ccsc3)no2)cc1. The fourth-order valence-electron chi connectivity index (χ4n) is 3.22. The van der Waals surface area contributed by atoms with Gasteiger partial charge in [-0.3, -0.25) is 4.90 Å². The van der Waals surface area contributed by atoms with Crippen molar-refractivity contribution in [3.63, 3.8) is 0 Å². The molecule has 124 valence electrons. The standard InChI is InChI=1S/C18H19N3O2S/c1-22-15-6-4-13(5-7-15)16-3-2-9-21(16)11-17-19-18(20-23-17)14-8-10-24-12-14/h4-8,10,12,16H,2-3,9,11H2,1H3. The van der Waals surface area contributed by atoms with Crippen LogP contribution in [0, 0.1) is 0 Å². The van der Waals surface area contributed by atoms with Crippen LogP contribution < -0.4 is 4.74 Å². The van der Waals surface area contributed by atoms with Gasteiger partial charge in [-0.05, 0) is 48.5 Å². The highest BCUT2D eigenvalue weighted by Crippen LogP contribution is 2.34. The first-order valence-corrected chi connectivity index (χ1v) is 9.01. The first-order valence-electron chi connectivity index (χ1n) is 8.06. The summed E-state index contributed by atoms with van der Waals surface area (Å²) in [5, 5.41) is 8.15. The Morgan fingerprint density at radius 1 is 1.29 bits per heavy atom. The maximum atomic E-state index is 5.45. The van der Waals surface area contributed by atoms with Crippen molar-refractivity contribution in [2.45, 2.75) is 25.4 Å². The summed E-state index contributed by atoms with van der Waals surface area (Å²) in [5.74, 6) is 2.24. The van der Waals surface area contributed by atoms with Crippen LogP contribution in [-0.2, 0) is 6.54 Å². The molecule has 1 saturated heterocycles. The van der Waals surface area contributed by atoms with Gasteiger partial charge in [-0.2, -0.15) is 16.3 Å². The van der Waals surface area contributed by atoms with Gasteiger partial charge in [-0.25, -0.2) is 0 Å². The smallest absolute Gasteiger partial charge is 0.241 e. The third kappa shape index (κ3) is 3.07. The normalized spacial score (nSPS) is 18.1. The lowest BCUT2D eigenvalue weighted by Gasteiger charge is -2.23. The van der Waals surface area contributed by atoms with E-state index in [1.807, 2.05) is 29.0 Å². The van der Waals surface area contributed by atoms with Gasteiger partial charge < -0.3 is 9.26 Å². The molecule has 0 spiro atoms. The first kappa shape index (κ1) is 15.4. The first-order chi connectivity index (χ1) is 11.8. The summed E-state index contributed by atoms with van der Waals surface area (Å²) in [6.45, 7) is 1.74. The van der Waals surface area contributed by atoms with Gasteiger partial charge in [0.05, 0.1) is 13.7 Å². The van der Waals surface area contributed by atoms with E-state index in [0.29, 0.717) is 24.3 Å². The van der Waals surface area contributed by atoms with Gasteiger partial charge in [0, 0.05) is 17.0 Å². The van der Waals surface area contributed by atoms with Crippen molar-refractivity contribution in [1.82, 2.24) is 15.0 Å². The van der Waals surface area contributed by atoms with Crippen molar-refractivity contribution >= 4 is 11.3 Å². The van der Waals surface area contributed by atoms with Crippen molar-refractivity contribution in [3.8, 4) is 17.1 Å². The van der Waals surface area contributed by atoms with Gasteiger partial charge in [-0.1, -0.05) is 17.3 Å². The summed E-state index contributed by atoms with van der Waals surface area (Å²) in [6.07, 6.45) is 2.33. The highest BCUT2D eigenvalue weighted by molar-refractivity contribution is 7.08. The molecule has 2 aromatic heterocycles. The number of benzene rings is 1. The van der Waals surface area contributed by atoms with Crippen LogP contribution in [0.2, 0.25) is 0 Å². The Bertz CT molecular complexity index is 783. The maximum absolute atomic E-state index is 5.45. The molecule has 1 aliphatic rings. The number of hydrogen-bond acceptors (Lipinski definition) is 6. The molecule has 5 nitrogen and oxygen atoms in total. The molecule has 1 aliphatic heterocycles. The minimum absolute atomic E-state index is 0.396. The number of methoxy groups -OCH3 is 1. The van der Waals surface area contributed by atoms with Crippen LogP contribution in [0.15, 0.2) is 45.6 Å². The number of ether oxygens (including phenoxy) is 1. The van der Waals surface area contributed by atoms with Gasteiger partial charge >= 0.3 is 0 Å². The molecule has 0 amide bonds.